The lowest BCUT2D eigenvalue weighted by atomic mass is 10.1. The summed E-state index contributed by atoms with van der Waals surface area (Å²) in [6, 6.07) is 11.7. The molecule has 0 amide bonds. The first kappa shape index (κ1) is 13.7. The lowest BCUT2D eigenvalue weighted by Crippen LogP contribution is -2.03. The van der Waals surface area contributed by atoms with E-state index in [0.717, 1.165) is 5.75 Å². The van der Waals surface area contributed by atoms with Crippen LogP contribution in [0.15, 0.2) is 42.5 Å². The molecule has 0 aliphatic rings. The van der Waals surface area contributed by atoms with Crippen LogP contribution in [0.4, 0.5) is 5.69 Å². The Morgan fingerprint density at radius 1 is 1.15 bits per heavy atom. The second kappa shape index (κ2) is 5.97. The van der Waals surface area contributed by atoms with Gasteiger partial charge in [-0.25, -0.2) is 4.79 Å². The zero-order chi connectivity index (χ0) is 14.5. The Balaban J connectivity index is 2.21. The number of carboxylic acids is 1. The van der Waals surface area contributed by atoms with Crippen LogP contribution < -0.4 is 15.2 Å². The topological polar surface area (TPSA) is 81.8 Å². The average Bonchev–Trinajstić information content (AvgIpc) is 2.43. The molecule has 0 atom stereocenters. The smallest absolute Gasteiger partial charge is 0.337 e. The van der Waals surface area contributed by atoms with Crippen LogP contribution in [-0.2, 0) is 0 Å². The van der Waals surface area contributed by atoms with Gasteiger partial charge in [-0.15, -0.1) is 0 Å². The predicted molar refractivity (Wildman–Crippen MR) is 75.5 cm³/mol. The second-order valence-corrected chi connectivity index (χ2v) is 4.03. The van der Waals surface area contributed by atoms with Crippen molar-refractivity contribution in [2.45, 2.75) is 6.92 Å². The van der Waals surface area contributed by atoms with Gasteiger partial charge in [-0.1, -0.05) is 6.07 Å². The van der Waals surface area contributed by atoms with Gasteiger partial charge in [-0.05, 0) is 43.3 Å². The number of carboxylic acid groups (broad SMARTS) is 1. The summed E-state index contributed by atoms with van der Waals surface area (Å²) in [5, 5.41) is 9.00. The number of benzene rings is 2. The molecular weight excluding hydrogens is 258 g/mol. The fraction of sp³-hybridized carbons (Fsp3) is 0.133. The number of ether oxygens (including phenoxy) is 2. The number of nitrogen functional groups attached to an aromatic ring is 1. The quantitative estimate of drug-likeness (QED) is 0.818. The van der Waals surface area contributed by atoms with Gasteiger partial charge >= 0.3 is 5.97 Å². The summed E-state index contributed by atoms with van der Waals surface area (Å²) >= 11 is 0. The van der Waals surface area contributed by atoms with Crippen molar-refractivity contribution in [2.75, 3.05) is 12.3 Å². The molecule has 0 heterocycles. The molecule has 104 valence electrons. The van der Waals surface area contributed by atoms with E-state index in [-0.39, 0.29) is 11.3 Å². The number of rotatable bonds is 5. The van der Waals surface area contributed by atoms with E-state index in [9.17, 15) is 4.79 Å². The van der Waals surface area contributed by atoms with E-state index in [1.54, 1.807) is 36.4 Å². The van der Waals surface area contributed by atoms with Gasteiger partial charge in [0, 0.05) is 0 Å². The SMILES string of the molecule is CCOc1ccc(Oc2cccc(C(=O)O)c2N)cc1. The molecule has 5 nitrogen and oxygen atoms in total. The Kier molecular flexibility index (Phi) is 4.10. The first-order chi connectivity index (χ1) is 9.61. The Bertz CT molecular complexity index is 608. The molecule has 0 fully saturated rings. The summed E-state index contributed by atoms with van der Waals surface area (Å²) in [6.45, 7) is 2.50. The van der Waals surface area contributed by atoms with Gasteiger partial charge in [0.2, 0.25) is 0 Å². The van der Waals surface area contributed by atoms with Crippen molar-refractivity contribution >= 4 is 11.7 Å². The van der Waals surface area contributed by atoms with Crippen molar-refractivity contribution < 1.29 is 19.4 Å². The van der Waals surface area contributed by atoms with Crippen LogP contribution in [0.3, 0.4) is 0 Å². The standard InChI is InChI=1S/C15H15NO4/c1-2-19-10-6-8-11(9-7-10)20-13-5-3-4-12(14(13)16)15(17)18/h3-9H,2,16H2,1H3,(H,17,18). The van der Waals surface area contributed by atoms with E-state index >= 15 is 0 Å². The molecule has 0 aliphatic carbocycles. The summed E-state index contributed by atoms with van der Waals surface area (Å²) in [5.41, 5.74) is 5.91. The van der Waals surface area contributed by atoms with E-state index in [4.69, 9.17) is 20.3 Å². The van der Waals surface area contributed by atoms with E-state index in [0.29, 0.717) is 18.1 Å². The van der Waals surface area contributed by atoms with Gasteiger partial charge in [0.05, 0.1) is 17.9 Å². The Labute approximate surface area is 116 Å². The van der Waals surface area contributed by atoms with Crippen LogP contribution in [0.5, 0.6) is 17.2 Å². The summed E-state index contributed by atoms with van der Waals surface area (Å²) in [7, 11) is 0. The normalized spacial score (nSPS) is 10.1. The van der Waals surface area contributed by atoms with Gasteiger partial charge in [-0.3, -0.25) is 0 Å². The van der Waals surface area contributed by atoms with Crippen molar-refractivity contribution in [3.05, 3.63) is 48.0 Å². The van der Waals surface area contributed by atoms with E-state index in [1.165, 1.54) is 6.07 Å². The summed E-state index contributed by atoms with van der Waals surface area (Å²) in [5.74, 6) is 0.531. The molecule has 2 rings (SSSR count). The third kappa shape index (κ3) is 3.00. The zero-order valence-electron chi connectivity index (χ0n) is 11.0. The molecule has 0 spiro atoms. The van der Waals surface area contributed by atoms with Crippen molar-refractivity contribution in [3.8, 4) is 17.2 Å². The number of hydrogen-bond acceptors (Lipinski definition) is 4. The average molecular weight is 273 g/mol. The Morgan fingerprint density at radius 2 is 1.80 bits per heavy atom. The molecule has 0 radical (unpaired) electrons. The lowest BCUT2D eigenvalue weighted by molar-refractivity contribution is 0.0697. The number of carbonyl (C=O) groups is 1. The van der Waals surface area contributed by atoms with Crippen LogP contribution in [0.1, 0.15) is 17.3 Å². The molecule has 3 N–H and O–H groups in total. The highest BCUT2D eigenvalue weighted by molar-refractivity contribution is 5.95. The summed E-state index contributed by atoms with van der Waals surface area (Å²) in [6.07, 6.45) is 0. The van der Waals surface area contributed by atoms with Gasteiger partial charge in [-0.2, -0.15) is 0 Å². The molecule has 2 aromatic rings. The monoisotopic (exact) mass is 273 g/mol. The number of anilines is 1. The highest BCUT2D eigenvalue weighted by atomic mass is 16.5. The summed E-state index contributed by atoms with van der Waals surface area (Å²) in [4.78, 5) is 11.0. The third-order valence-electron chi connectivity index (χ3n) is 2.66. The maximum absolute atomic E-state index is 11.0. The number of nitrogens with two attached hydrogens (primary N) is 1. The number of hydrogen-bond donors (Lipinski definition) is 2. The minimum absolute atomic E-state index is 0.0217. The van der Waals surface area contributed by atoms with Crippen LogP contribution in [0.25, 0.3) is 0 Å². The van der Waals surface area contributed by atoms with Gasteiger partial charge in [0.1, 0.15) is 11.5 Å². The largest absolute Gasteiger partial charge is 0.494 e. The predicted octanol–water partition coefficient (Wildman–Crippen LogP) is 3.16. The molecule has 20 heavy (non-hydrogen) atoms. The van der Waals surface area contributed by atoms with Gasteiger partial charge in [0.25, 0.3) is 0 Å². The van der Waals surface area contributed by atoms with Crippen molar-refractivity contribution in [1.29, 1.82) is 0 Å². The van der Waals surface area contributed by atoms with Crippen molar-refractivity contribution in [2.24, 2.45) is 0 Å². The maximum Gasteiger partial charge on any atom is 0.337 e. The first-order valence-corrected chi connectivity index (χ1v) is 6.14. The highest BCUT2D eigenvalue weighted by Gasteiger charge is 2.12. The van der Waals surface area contributed by atoms with Crippen LogP contribution in [-0.4, -0.2) is 17.7 Å². The first-order valence-electron chi connectivity index (χ1n) is 6.14. The van der Waals surface area contributed by atoms with Crippen molar-refractivity contribution in [3.63, 3.8) is 0 Å². The second-order valence-electron chi connectivity index (χ2n) is 4.03. The Morgan fingerprint density at radius 3 is 2.40 bits per heavy atom. The van der Waals surface area contributed by atoms with E-state index in [1.807, 2.05) is 6.92 Å². The molecule has 2 aromatic carbocycles. The molecule has 0 aromatic heterocycles. The molecule has 0 saturated carbocycles. The molecule has 0 unspecified atom stereocenters. The van der Waals surface area contributed by atoms with Crippen molar-refractivity contribution in [1.82, 2.24) is 0 Å². The fourth-order valence-electron chi connectivity index (χ4n) is 1.72. The number of aromatic carboxylic acids is 1. The van der Waals surface area contributed by atoms with Crippen LogP contribution in [0.2, 0.25) is 0 Å². The summed E-state index contributed by atoms with van der Waals surface area (Å²) < 4.78 is 10.9. The highest BCUT2D eigenvalue weighted by Crippen LogP contribution is 2.30. The molecule has 5 heteroatoms. The molecule has 0 saturated heterocycles. The third-order valence-corrected chi connectivity index (χ3v) is 2.66. The van der Waals surface area contributed by atoms with Crippen LogP contribution in [0, 0.1) is 0 Å². The van der Waals surface area contributed by atoms with Gasteiger partial charge < -0.3 is 20.3 Å². The minimum Gasteiger partial charge on any atom is -0.494 e. The minimum atomic E-state index is -1.08. The molecule has 0 aliphatic heterocycles. The zero-order valence-corrected chi connectivity index (χ0v) is 11.0. The lowest BCUT2D eigenvalue weighted by Gasteiger charge is -2.10. The van der Waals surface area contributed by atoms with Gasteiger partial charge in [0.15, 0.2) is 5.75 Å². The van der Waals surface area contributed by atoms with E-state index in [2.05, 4.69) is 0 Å². The fourth-order valence-corrected chi connectivity index (χ4v) is 1.72. The Hall–Kier alpha value is -2.69. The maximum atomic E-state index is 11.0. The molecular formula is C15H15NO4. The van der Waals surface area contributed by atoms with Crippen LogP contribution >= 0.6 is 0 Å². The number of para-hydroxylation sites is 1. The van der Waals surface area contributed by atoms with E-state index < -0.39 is 5.97 Å². The molecule has 0 bridgehead atoms.